The van der Waals surface area contributed by atoms with Crippen LogP contribution in [-0.2, 0) is 4.79 Å². The van der Waals surface area contributed by atoms with Crippen LogP contribution in [0.5, 0.6) is 0 Å². The van der Waals surface area contributed by atoms with E-state index in [2.05, 4.69) is 0 Å². The van der Waals surface area contributed by atoms with Crippen molar-refractivity contribution in [3.05, 3.63) is 11.6 Å². The summed E-state index contributed by atoms with van der Waals surface area (Å²) in [5.74, 6) is -0.845. The molecule has 40 valence electrons. The molecular formula is C5H8O2. The Balaban J connectivity index is 3.82. The van der Waals surface area contributed by atoms with Crippen LogP contribution in [0.2, 0.25) is 0 Å². The second-order valence-electron chi connectivity index (χ2n) is 1.28. The first-order valence-electron chi connectivity index (χ1n) is 2.04. The van der Waals surface area contributed by atoms with Crippen molar-refractivity contribution >= 4 is 5.97 Å². The average Bonchev–Trinajstić information content (AvgIpc) is 1.65. The van der Waals surface area contributed by atoms with Gasteiger partial charge in [-0.3, -0.25) is 0 Å². The maximum absolute atomic E-state index is 9.86. The first-order chi connectivity index (χ1) is 3.18. The van der Waals surface area contributed by atoms with E-state index in [0.29, 0.717) is 5.57 Å². The molecular weight excluding hydrogens is 93.0 g/mol. The summed E-state index contributed by atoms with van der Waals surface area (Å²) in [5.41, 5.74) is 0.389. The molecule has 7 heavy (non-hydrogen) atoms. The molecule has 0 aliphatic carbocycles. The predicted molar refractivity (Wildman–Crippen MR) is 27.1 cm³/mol. The Kier molecular flexibility index (Phi) is 2.12. The number of hydrogen-bond acceptors (Lipinski definition) is 1. The Morgan fingerprint density at radius 3 is 2.14 bits per heavy atom. The zero-order valence-electron chi connectivity index (χ0n) is 4.43. The third-order valence-corrected chi connectivity index (χ3v) is 0.770. The van der Waals surface area contributed by atoms with Crippen LogP contribution in [0.25, 0.3) is 0 Å². The van der Waals surface area contributed by atoms with Gasteiger partial charge in [-0.15, -0.1) is 0 Å². The minimum Gasteiger partial charge on any atom is -0.478 e. The van der Waals surface area contributed by atoms with Gasteiger partial charge in [0.25, 0.3) is 0 Å². The van der Waals surface area contributed by atoms with Crippen LogP contribution in [0.3, 0.4) is 0 Å². The molecule has 0 amide bonds. The number of hydrogen-bond donors (Lipinski definition) is 1. The van der Waals surface area contributed by atoms with Gasteiger partial charge in [-0.05, 0) is 13.8 Å². The Morgan fingerprint density at radius 1 is 1.71 bits per heavy atom. The van der Waals surface area contributed by atoms with Crippen LogP contribution >= 0.6 is 0 Å². The van der Waals surface area contributed by atoms with Gasteiger partial charge in [0.15, 0.2) is 0 Å². The lowest BCUT2D eigenvalue weighted by atomic mass is 10.4. The number of aliphatic carboxylic acids is 1. The Labute approximate surface area is 42.5 Å². The van der Waals surface area contributed by atoms with Crippen molar-refractivity contribution in [2.75, 3.05) is 0 Å². The summed E-state index contributed by atoms with van der Waals surface area (Å²) >= 11 is 0. The summed E-state index contributed by atoms with van der Waals surface area (Å²) in [6.07, 6.45) is 1.56. The topological polar surface area (TPSA) is 37.3 Å². The predicted octanol–water partition coefficient (Wildman–Crippen LogP) is 1.04. The lowest BCUT2D eigenvalue weighted by molar-refractivity contribution is -0.132. The Hall–Kier alpha value is -0.790. The van der Waals surface area contributed by atoms with E-state index >= 15 is 0 Å². The van der Waals surface area contributed by atoms with Crippen molar-refractivity contribution in [3.8, 4) is 0 Å². The Morgan fingerprint density at radius 2 is 2.14 bits per heavy atom. The van der Waals surface area contributed by atoms with E-state index in [0.717, 1.165) is 0 Å². The van der Waals surface area contributed by atoms with E-state index < -0.39 is 5.97 Å². The molecule has 0 fully saturated rings. The summed E-state index contributed by atoms with van der Waals surface area (Å²) in [6, 6.07) is 0. The van der Waals surface area contributed by atoms with Gasteiger partial charge in [-0.25, -0.2) is 4.79 Å². The highest BCUT2D eigenvalue weighted by molar-refractivity contribution is 5.85. The average molecular weight is 101 g/mol. The van der Waals surface area contributed by atoms with Crippen LogP contribution in [0, 0.1) is 0 Å². The molecule has 0 aliphatic rings. The second-order valence-corrected chi connectivity index (χ2v) is 1.28. The number of carbonyl (C=O) groups is 1. The fraction of sp³-hybridized carbons (Fsp3) is 0.400. The zero-order valence-corrected chi connectivity index (χ0v) is 4.43. The summed E-state index contributed by atoms with van der Waals surface area (Å²) in [5, 5.41) is 8.11. The van der Waals surface area contributed by atoms with Gasteiger partial charge in [-0.1, -0.05) is 6.08 Å². The molecule has 0 heterocycles. The zero-order chi connectivity index (χ0) is 5.86. The van der Waals surface area contributed by atoms with Gasteiger partial charge in [0.1, 0.15) is 0 Å². The smallest absolute Gasteiger partial charge is 0.330 e. The first kappa shape index (κ1) is 6.21. The molecule has 0 atom stereocenters. The van der Waals surface area contributed by atoms with E-state index in [1.807, 2.05) is 0 Å². The van der Waals surface area contributed by atoms with Crippen LogP contribution in [0.4, 0.5) is 0 Å². The molecule has 0 rings (SSSR count). The highest BCUT2D eigenvalue weighted by atomic mass is 16.5. The van der Waals surface area contributed by atoms with Crippen molar-refractivity contribution < 1.29 is 9.90 Å². The monoisotopic (exact) mass is 101 g/mol. The van der Waals surface area contributed by atoms with Gasteiger partial charge in [0.05, 0.1) is 0 Å². The molecule has 0 aliphatic heterocycles. The summed E-state index contributed by atoms with van der Waals surface area (Å²) < 4.78 is 0. The summed E-state index contributed by atoms with van der Waals surface area (Å²) in [4.78, 5) is 9.86. The molecule has 0 radical (unpaired) electrons. The lowest BCUT2D eigenvalue weighted by Gasteiger charge is -1.84. The summed E-state index contributed by atoms with van der Waals surface area (Å²) in [7, 11) is 0. The molecule has 0 saturated heterocycles. The van der Waals surface area contributed by atoms with E-state index in [9.17, 15) is 4.79 Å². The van der Waals surface area contributed by atoms with Gasteiger partial charge in [0, 0.05) is 5.57 Å². The quantitative estimate of drug-likeness (QED) is 0.395. The molecule has 0 bridgehead atoms. The molecule has 0 saturated carbocycles. The maximum atomic E-state index is 9.86. The van der Waals surface area contributed by atoms with Crippen LogP contribution in [0.1, 0.15) is 13.8 Å². The molecule has 2 nitrogen and oxygen atoms in total. The minimum atomic E-state index is -0.845. The van der Waals surface area contributed by atoms with Crippen LogP contribution in [-0.4, -0.2) is 11.1 Å². The van der Waals surface area contributed by atoms with Crippen molar-refractivity contribution in [3.63, 3.8) is 0 Å². The molecule has 0 aromatic heterocycles. The summed E-state index contributed by atoms with van der Waals surface area (Å²) in [6.45, 7) is 3.26. The third-order valence-electron chi connectivity index (χ3n) is 0.770. The van der Waals surface area contributed by atoms with Crippen molar-refractivity contribution in [2.45, 2.75) is 13.8 Å². The lowest BCUT2D eigenvalue weighted by Crippen LogP contribution is -1.93. The number of allylic oxidation sites excluding steroid dienone is 1. The first-order valence-corrected chi connectivity index (χ1v) is 2.04. The van der Waals surface area contributed by atoms with Crippen molar-refractivity contribution in [1.29, 1.82) is 0 Å². The number of carboxylic acid groups (broad SMARTS) is 1. The normalized spacial score (nSPS) is 11.4. The standard InChI is InChI=1S/C5H8O2/c1-3-4(2)5(6)7/h3H,1-2H3,(H,6,7)/b4-3+/i5+1. The highest BCUT2D eigenvalue weighted by Crippen LogP contribution is 1.87. The van der Waals surface area contributed by atoms with Crippen molar-refractivity contribution in [1.82, 2.24) is 0 Å². The fourth-order valence-electron chi connectivity index (χ4n) is 0.123. The molecule has 0 spiro atoms. The third kappa shape index (κ3) is 1.98. The van der Waals surface area contributed by atoms with Crippen LogP contribution in [0.15, 0.2) is 11.6 Å². The van der Waals surface area contributed by atoms with Gasteiger partial charge in [0.2, 0.25) is 0 Å². The van der Waals surface area contributed by atoms with Crippen LogP contribution < -0.4 is 0 Å². The van der Waals surface area contributed by atoms with E-state index in [1.165, 1.54) is 0 Å². The van der Waals surface area contributed by atoms with Gasteiger partial charge < -0.3 is 5.11 Å². The molecule has 0 aromatic carbocycles. The maximum Gasteiger partial charge on any atom is 0.330 e. The largest absolute Gasteiger partial charge is 0.478 e. The minimum absolute atomic E-state index is 0.389. The molecule has 0 unspecified atom stereocenters. The van der Waals surface area contributed by atoms with E-state index in [4.69, 9.17) is 5.11 Å². The highest BCUT2D eigenvalue weighted by Gasteiger charge is 1.93. The van der Waals surface area contributed by atoms with E-state index in [-0.39, 0.29) is 0 Å². The fourth-order valence-corrected chi connectivity index (χ4v) is 0.123. The van der Waals surface area contributed by atoms with Crippen molar-refractivity contribution in [2.24, 2.45) is 0 Å². The van der Waals surface area contributed by atoms with Gasteiger partial charge in [-0.2, -0.15) is 0 Å². The van der Waals surface area contributed by atoms with Gasteiger partial charge >= 0.3 is 5.97 Å². The molecule has 2 heteroatoms. The number of carboxylic acids is 1. The second kappa shape index (κ2) is 2.39. The molecule has 1 N–H and O–H groups in total. The number of rotatable bonds is 1. The Bertz CT molecular complexity index is 103. The SMILES string of the molecule is C/C=C(\C)[13C](=O)O. The molecule has 0 aromatic rings. The van der Waals surface area contributed by atoms with E-state index in [1.54, 1.807) is 19.9 Å².